The largest absolute Gasteiger partial charge is 0.495 e. The Balaban J connectivity index is 1.69. The summed E-state index contributed by atoms with van der Waals surface area (Å²) in [5, 5.41) is 3.67. The van der Waals surface area contributed by atoms with E-state index in [2.05, 4.69) is 11.4 Å². The Bertz CT molecular complexity index is 386. The van der Waals surface area contributed by atoms with Crippen molar-refractivity contribution in [2.45, 2.75) is 51.0 Å². The van der Waals surface area contributed by atoms with Crippen LogP contribution in [0, 0.1) is 0 Å². The second-order valence-corrected chi connectivity index (χ2v) is 5.47. The normalized spacial score (nSPS) is 16.5. The molecule has 3 nitrogen and oxygen atoms in total. The molecule has 1 saturated carbocycles. The van der Waals surface area contributed by atoms with Gasteiger partial charge in [0, 0.05) is 6.04 Å². The van der Waals surface area contributed by atoms with Gasteiger partial charge in [0.25, 0.3) is 0 Å². The van der Waals surface area contributed by atoms with Crippen LogP contribution < -0.4 is 15.8 Å². The van der Waals surface area contributed by atoms with Crippen molar-refractivity contribution in [2.75, 3.05) is 19.4 Å². The third-order valence-corrected chi connectivity index (χ3v) is 3.97. The highest BCUT2D eigenvalue weighted by molar-refractivity contribution is 5.54. The van der Waals surface area contributed by atoms with Crippen LogP contribution in [0.3, 0.4) is 0 Å². The lowest BCUT2D eigenvalue weighted by atomic mass is 9.95. The first-order chi connectivity index (χ1) is 9.29. The standard InChI is InChI=1S/C16H26N2O/c1-19-16-10-9-13(12-15(16)17)6-5-11-18-14-7-3-2-4-8-14/h9-10,12,14,18H,2-8,11,17H2,1H3. The van der Waals surface area contributed by atoms with Crippen molar-refractivity contribution in [3.05, 3.63) is 23.8 Å². The lowest BCUT2D eigenvalue weighted by Crippen LogP contribution is -2.31. The number of methoxy groups -OCH3 is 1. The Morgan fingerprint density at radius 2 is 2.05 bits per heavy atom. The van der Waals surface area contributed by atoms with Gasteiger partial charge in [0.2, 0.25) is 0 Å². The van der Waals surface area contributed by atoms with Crippen LogP contribution in [0.25, 0.3) is 0 Å². The van der Waals surface area contributed by atoms with Gasteiger partial charge in [-0.05, 0) is 49.9 Å². The smallest absolute Gasteiger partial charge is 0.141 e. The van der Waals surface area contributed by atoms with Gasteiger partial charge >= 0.3 is 0 Å². The van der Waals surface area contributed by atoms with Crippen molar-refractivity contribution in [1.82, 2.24) is 5.32 Å². The molecule has 19 heavy (non-hydrogen) atoms. The summed E-state index contributed by atoms with van der Waals surface area (Å²) in [5.41, 5.74) is 7.94. The van der Waals surface area contributed by atoms with Gasteiger partial charge in [0.05, 0.1) is 12.8 Å². The average molecular weight is 262 g/mol. The number of nitrogen functional groups attached to an aromatic ring is 1. The molecule has 0 amide bonds. The SMILES string of the molecule is COc1ccc(CCCNC2CCCCC2)cc1N. The summed E-state index contributed by atoms with van der Waals surface area (Å²) < 4.78 is 5.17. The van der Waals surface area contributed by atoms with Crippen LogP contribution in [0.4, 0.5) is 5.69 Å². The molecule has 0 saturated heterocycles. The van der Waals surface area contributed by atoms with E-state index in [-0.39, 0.29) is 0 Å². The molecule has 0 spiro atoms. The van der Waals surface area contributed by atoms with Gasteiger partial charge in [0.1, 0.15) is 5.75 Å². The molecule has 1 aliphatic rings. The zero-order valence-corrected chi connectivity index (χ0v) is 12.0. The average Bonchev–Trinajstić information content (AvgIpc) is 2.45. The van der Waals surface area contributed by atoms with Gasteiger partial charge < -0.3 is 15.8 Å². The number of nitrogens with two attached hydrogens (primary N) is 1. The monoisotopic (exact) mass is 262 g/mol. The molecule has 0 atom stereocenters. The minimum atomic E-state index is 0.736. The third-order valence-electron chi connectivity index (χ3n) is 3.97. The molecule has 3 heteroatoms. The maximum atomic E-state index is 5.91. The predicted molar refractivity (Wildman–Crippen MR) is 80.6 cm³/mol. The van der Waals surface area contributed by atoms with E-state index in [9.17, 15) is 0 Å². The zero-order chi connectivity index (χ0) is 13.5. The van der Waals surface area contributed by atoms with E-state index in [1.165, 1.54) is 44.1 Å². The van der Waals surface area contributed by atoms with E-state index in [0.717, 1.165) is 30.4 Å². The lowest BCUT2D eigenvalue weighted by molar-refractivity contribution is 0.372. The summed E-state index contributed by atoms with van der Waals surface area (Å²) in [6.07, 6.45) is 9.17. The molecule has 1 aromatic carbocycles. The Morgan fingerprint density at radius 1 is 1.26 bits per heavy atom. The molecule has 1 fully saturated rings. The van der Waals surface area contributed by atoms with Gasteiger partial charge in [-0.1, -0.05) is 25.3 Å². The van der Waals surface area contributed by atoms with Crippen molar-refractivity contribution < 1.29 is 4.74 Å². The van der Waals surface area contributed by atoms with Crippen LogP contribution >= 0.6 is 0 Å². The summed E-state index contributed by atoms with van der Waals surface area (Å²) in [7, 11) is 1.65. The fourth-order valence-electron chi connectivity index (χ4n) is 2.84. The first kappa shape index (κ1) is 14.2. The van der Waals surface area contributed by atoms with Crippen LogP contribution in [0.2, 0.25) is 0 Å². The fraction of sp³-hybridized carbons (Fsp3) is 0.625. The highest BCUT2D eigenvalue weighted by atomic mass is 16.5. The summed E-state index contributed by atoms with van der Waals surface area (Å²) in [6.45, 7) is 1.11. The second kappa shape index (κ2) is 7.39. The lowest BCUT2D eigenvalue weighted by Gasteiger charge is -2.22. The summed E-state index contributed by atoms with van der Waals surface area (Å²) in [4.78, 5) is 0. The van der Waals surface area contributed by atoms with E-state index in [1.54, 1.807) is 7.11 Å². The quantitative estimate of drug-likeness (QED) is 0.611. The zero-order valence-electron chi connectivity index (χ0n) is 12.0. The third kappa shape index (κ3) is 4.43. The maximum Gasteiger partial charge on any atom is 0.141 e. The second-order valence-electron chi connectivity index (χ2n) is 5.47. The first-order valence-electron chi connectivity index (χ1n) is 7.45. The van der Waals surface area contributed by atoms with Gasteiger partial charge in [0.15, 0.2) is 0 Å². The highest BCUT2D eigenvalue weighted by Gasteiger charge is 2.11. The van der Waals surface area contributed by atoms with Crippen LogP contribution in [0.15, 0.2) is 18.2 Å². The van der Waals surface area contributed by atoms with Crippen molar-refractivity contribution in [3.8, 4) is 5.75 Å². The number of benzene rings is 1. The molecular weight excluding hydrogens is 236 g/mol. The Kier molecular flexibility index (Phi) is 5.52. The molecule has 0 aromatic heterocycles. The number of hydrogen-bond donors (Lipinski definition) is 2. The van der Waals surface area contributed by atoms with Gasteiger partial charge in [-0.15, -0.1) is 0 Å². The molecule has 1 aliphatic carbocycles. The van der Waals surface area contributed by atoms with Crippen molar-refractivity contribution in [3.63, 3.8) is 0 Å². The Labute approximate surface area is 116 Å². The molecule has 0 aliphatic heterocycles. The van der Waals surface area contributed by atoms with Gasteiger partial charge in [-0.25, -0.2) is 0 Å². The number of ether oxygens (including phenoxy) is 1. The maximum absolute atomic E-state index is 5.91. The minimum absolute atomic E-state index is 0.736. The highest BCUT2D eigenvalue weighted by Crippen LogP contribution is 2.22. The molecule has 0 radical (unpaired) electrons. The molecule has 0 unspecified atom stereocenters. The molecule has 0 bridgehead atoms. The van der Waals surface area contributed by atoms with E-state index in [4.69, 9.17) is 10.5 Å². The molecule has 1 aromatic rings. The first-order valence-corrected chi connectivity index (χ1v) is 7.45. The molecule has 0 heterocycles. The predicted octanol–water partition coefficient (Wildman–Crippen LogP) is 3.13. The molecular formula is C16H26N2O. The van der Waals surface area contributed by atoms with E-state index < -0.39 is 0 Å². The number of anilines is 1. The van der Waals surface area contributed by atoms with Crippen molar-refractivity contribution in [2.24, 2.45) is 0 Å². The summed E-state index contributed by atoms with van der Waals surface area (Å²) >= 11 is 0. The minimum Gasteiger partial charge on any atom is -0.495 e. The van der Waals surface area contributed by atoms with E-state index >= 15 is 0 Å². The number of aryl methyl sites for hydroxylation is 1. The Morgan fingerprint density at radius 3 is 2.74 bits per heavy atom. The van der Waals surface area contributed by atoms with E-state index in [1.807, 2.05) is 12.1 Å². The molecule has 106 valence electrons. The summed E-state index contributed by atoms with van der Waals surface area (Å²) in [6, 6.07) is 6.85. The number of hydrogen-bond acceptors (Lipinski definition) is 3. The molecule has 3 N–H and O–H groups in total. The fourth-order valence-corrected chi connectivity index (χ4v) is 2.84. The van der Waals surface area contributed by atoms with Gasteiger partial charge in [-0.3, -0.25) is 0 Å². The number of rotatable bonds is 6. The molecule has 2 rings (SSSR count). The Hall–Kier alpha value is -1.22. The topological polar surface area (TPSA) is 47.3 Å². The summed E-state index contributed by atoms with van der Waals surface area (Å²) in [5.74, 6) is 0.768. The van der Waals surface area contributed by atoms with Crippen molar-refractivity contribution >= 4 is 5.69 Å². The van der Waals surface area contributed by atoms with Crippen LogP contribution in [-0.4, -0.2) is 19.7 Å². The number of nitrogens with one attached hydrogen (secondary N) is 1. The van der Waals surface area contributed by atoms with Crippen LogP contribution in [-0.2, 0) is 6.42 Å². The van der Waals surface area contributed by atoms with Gasteiger partial charge in [-0.2, -0.15) is 0 Å². The van der Waals surface area contributed by atoms with Crippen LogP contribution in [0.1, 0.15) is 44.1 Å². The van der Waals surface area contributed by atoms with E-state index in [0.29, 0.717) is 0 Å². The van der Waals surface area contributed by atoms with Crippen molar-refractivity contribution in [1.29, 1.82) is 0 Å². The van der Waals surface area contributed by atoms with Crippen LogP contribution in [0.5, 0.6) is 5.75 Å².